The third kappa shape index (κ3) is 3.95. The van der Waals surface area contributed by atoms with Crippen LogP contribution in [0.5, 0.6) is 5.75 Å². The van der Waals surface area contributed by atoms with Crippen molar-refractivity contribution in [2.75, 3.05) is 7.11 Å². The van der Waals surface area contributed by atoms with Crippen LogP contribution in [0, 0.1) is 13.8 Å². The topological polar surface area (TPSA) is 47.6 Å². The molecular weight excluding hydrogens is 416 g/mol. The second-order valence-corrected chi connectivity index (χ2v) is 8.55. The molecule has 0 aliphatic rings. The molecule has 0 atom stereocenters. The lowest BCUT2D eigenvalue weighted by Crippen LogP contribution is -2.06. The maximum absolute atomic E-state index is 6.31. The van der Waals surface area contributed by atoms with Crippen LogP contribution in [0.25, 0.3) is 32.8 Å². The van der Waals surface area contributed by atoms with Crippen molar-refractivity contribution in [1.29, 1.82) is 0 Å². The number of thiazole rings is 1. The van der Waals surface area contributed by atoms with E-state index in [9.17, 15) is 0 Å². The van der Waals surface area contributed by atoms with Gasteiger partial charge in [-0.3, -0.25) is 0 Å². The van der Waals surface area contributed by atoms with Gasteiger partial charge in [-0.15, -0.1) is 11.3 Å². The van der Waals surface area contributed by atoms with E-state index in [1.165, 1.54) is 11.1 Å². The largest absolute Gasteiger partial charge is 0.493 e. The van der Waals surface area contributed by atoms with Crippen molar-refractivity contribution >= 4 is 28.0 Å². The first-order valence-corrected chi connectivity index (χ1v) is 11.2. The zero-order chi connectivity index (χ0) is 22.1. The minimum atomic E-state index is 0.510. The highest BCUT2D eigenvalue weighted by Gasteiger charge is 2.14. The Labute approximate surface area is 190 Å². The van der Waals surface area contributed by atoms with Crippen molar-refractivity contribution in [2.24, 2.45) is 4.99 Å². The summed E-state index contributed by atoms with van der Waals surface area (Å²) in [7, 11) is 1.64. The Bertz CT molecular complexity index is 1460. The highest BCUT2D eigenvalue weighted by Crippen LogP contribution is 2.31. The smallest absolute Gasteiger partial charge is 0.230 e. The lowest BCUT2D eigenvalue weighted by molar-refractivity contribution is 0.406. The van der Waals surface area contributed by atoms with Crippen LogP contribution >= 0.6 is 11.3 Å². The van der Waals surface area contributed by atoms with Crippen LogP contribution in [-0.4, -0.2) is 12.1 Å². The summed E-state index contributed by atoms with van der Waals surface area (Å²) in [6.07, 6.45) is 0. The number of ether oxygens (including phenoxy) is 1. The fraction of sp³-hybridized carbons (Fsp3) is 0.111. The minimum Gasteiger partial charge on any atom is -0.493 e. The first-order valence-electron chi connectivity index (χ1n) is 10.4. The standard InChI is InChI=1S/C27H22N2O2S/c1-17-7-11-19(12-8-17)23-16-32-27(29-23)22-15-20-5-4-6-24(30-3)25(20)31-26(22)28-21-13-9-18(2)10-14-21/h4-16H,1-3H3. The molecule has 0 spiro atoms. The van der Waals surface area contributed by atoms with E-state index in [0.29, 0.717) is 16.9 Å². The van der Waals surface area contributed by atoms with Gasteiger partial charge in [-0.05, 0) is 38.1 Å². The van der Waals surface area contributed by atoms with Gasteiger partial charge in [-0.25, -0.2) is 9.98 Å². The van der Waals surface area contributed by atoms with Crippen molar-refractivity contribution in [3.8, 4) is 27.6 Å². The maximum Gasteiger partial charge on any atom is 0.230 e. The summed E-state index contributed by atoms with van der Waals surface area (Å²) >= 11 is 1.59. The third-order valence-corrected chi connectivity index (χ3v) is 6.18. The van der Waals surface area contributed by atoms with E-state index in [0.717, 1.165) is 32.9 Å². The van der Waals surface area contributed by atoms with Gasteiger partial charge in [0.1, 0.15) is 5.01 Å². The Balaban J connectivity index is 1.71. The maximum atomic E-state index is 6.31. The third-order valence-electron chi connectivity index (χ3n) is 5.30. The Morgan fingerprint density at radius 3 is 2.34 bits per heavy atom. The van der Waals surface area contributed by atoms with Crippen molar-refractivity contribution < 1.29 is 9.15 Å². The Morgan fingerprint density at radius 1 is 0.906 bits per heavy atom. The molecule has 0 fully saturated rings. The van der Waals surface area contributed by atoms with E-state index in [1.807, 2.05) is 42.5 Å². The summed E-state index contributed by atoms with van der Waals surface area (Å²) in [6, 6.07) is 24.4. The average Bonchev–Trinajstić information content (AvgIpc) is 3.30. The summed E-state index contributed by atoms with van der Waals surface area (Å²) in [5.74, 6) is 0.675. The number of methoxy groups -OCH3 is 1. The van der Waals surface area contributed by atoms with Gasteiger partial charge in [0.2, 0.25) is 5.55 Å². The van der Waals surface area contributed by atoms with Crippen molar-refractivity contribution in [1.82, 2.24) is 4.98 Å². The van der Waals surface area contributed by atoms with Crippen molar-refractivity contribution in [2.45, 2.75) is 13.8 Å². The lowest BCUT2D eigenvalue weighted by Gasteiger charge is -2.06. The summed E-state index contributed by atoms with van der Waals surface area (Å²) in [4.78, 5) is 9.74. The number of benzene rings is 3. The predicted molar refractivity (Wildman–Crippen MR) is 130 cm³/mol. The second-order valence-electron chi connectivity index (χ2n) is 7.70. The Kier molecular flexibility index (Phi) is 5.33. The SMILES string of the molecule is COc1cccc2cc(-c3nc(-c4ccc(C)cc4)cs3)c(=Nc3ccc(C)cc3)oc12. The fourth-order valence-corrected chi connectivity index (χ4v) is 4.35. The molecule has 0 saturated heterocycles. The summed E-state index contributed by atoms with van der Waals surface area (Å²) in [6.45, 7) is 4.14. The molecule has 2 aromatic heterocycles. The normalized spacial score (nSPS) is 11.8. The zero-order valence-electron chi connectivity index (χ0n) is 18.1. The quantitative estimate of drug-likeness (QED) is 0.301. The van der Waals surface area contributed by atoms with Crippen LogP contribution in [0.1, 0.15) is 11.1 Å². The average molecular weight is 439 g/mol. The molecule has 158 valence electrons. The molecule has 0 saturated carbocycles. The highest BCUT2D eigenvalue weighted by molar-refractivity contribution is 7.13. The van der Waals surface area contributed by atoms with Crippen LogP contribution in [0.3, 0.4) is 0 Å². The van der Waals surface area contributed by atoms with E-state index in [-0.39, 0.29) is 0 Å². The molecule has 3 aromatic carbocycles. The van der Waals surface area contributed by atoms with Gasteiger partial charge in [0.25, 0.3) is 0 Å². The number of fused-ring (bicyclic) bond motifs is 1. The molecule has 0 aliphatic heterocycles. The molecule has 0 N–H and O–H groups in total. The molecule has 0 amide bonds. The minimum absolute atomic E-state index is 0.510. The molecule has 5 heteroatoms. The Hall–Kier alpha value is -3.70. The lowest BCUT2D eigenvalue weighted by atomic mass is 10.1. The zero-order valence-corrected chi connectivity index (χ0v) is 18.9. The number of hydrogen-bond donors (Lipinski definition) is 0. The van der Waals surface area contributed by atoms with Gasteiger partial charge in [-0.2, -0.15) is 0 Å². The van der Waals surface area contributed by atoms with E-state index < -0.39 is 0 Å². The van der Waals surface area contributed by atoms with E-state index in [4.69, 9.17) is 19.1 Å². The van der Waals surface area contributed by atoms with Crippen LogP contribution in [-0.2, 0) is 0 Å². The number of aromatic nitrogens is 1. The Morgan fingerprint density at radius 2 is 1.62 bits per heavy atom. The van der Waals surface area contributed by atoms with Gasteiger partial charge < -0.3 is 9.15 Å². The second kappa shape index (κ2) is 8.44. The van der Waals surface area contributed by atoms with E-state index in [1.54, 1.807) is 18.4 Å². The van der Waals surface area contributed by atoms with Crippen molar-refractivity contribution in [3.05, 3.63) is 94.9 Å². The van der Waals surface area contributed by atoms with Gasteiger partial charge >= 0.3 is 0 Å². The number of rotatable bonds is 4. The van der Waals surface area contributed by atoms with Crippen molar-refractivity contribution in [3.63, 3.8) is 0 Å². The van der Waals surface area contributed by atoms with E-state index in [2.05, 4.69) is 49.6 Å². The molecule has 0 aliphatic carbocycles. The number of para-hydroxylation sites is 1. The predicted octanol–water partition coefficient (Wildman–Crippen LogP) is 7.08. The summed E-state index contributed by atoms with van der Waals surface area (Å²) < 4.78 is 11.8. The first-order chi connectivity index (χ1) is 15.6. The van der Waals surface area contributed by atoms with Gasteiger partial charge in [0, 0.05) is 16.3 Å². The first kappa shape index (κ1) is 20.2. The highest BCUT2D eigenvalue weighted by atomic mass is 32.1. The summed E-state index contributed by atoms with van der Waals surface area (Å²) in [5.41, 5.74) is 7.30. The van der Waals surface area contributed by atoms with E-state index >= 15 is 0 Å². The number of hydrogen-bond acceptors (Lipinski definition) is 5. The van der Waals surface area contributed by atoms with Gasteiger partial charge in [0.15, 0.2) is 11.3 Å². The summed E-state index contributed by atoms with van der Waals surface area (Å²) in [5, 5.41) is 3.88. The molecule has 5 aromatic rings. The fourth-order valence-electron chi connectivity index (χ4n) is 3.51. The number of aryl methyl sites for hydroxylation is 2. The molecule has 0 bridgehead atoms. The molecule has 5 rings (SSSR count). The van der Waals surface area contributed by atoms with Gasteiger partial charge in [-0.1, -0.05) is 59.7 Å². The van der Waals surface area contributed by atoms with Crippen LogP contribution in [0.4, 0.5) is 5.69 Å². The molecule has 32 heavy (non-hydrogen) atoms. The molecule has 0 unspecified atom stereocenters. The molecular formula is C27H22N2O2S. The molecule has 0 radical (unpaired) electrons. The number of nitrogens with zero attached hydrogens (tertiary/aromatic N) is 2. The van der Waals surface area contributed by atoms with Gasteiger partial charge in [0.05, 0.1) is 24.1 Å². The van der Waals surface area contributed by atoms with Crippen LogP contribution in [0.15, 0.2) is 87.6 Å². The van der Waals surface area contributed by atoms with Crippen LogP contribution < -0.4 is 10.3 Å². The molecule has 2 heterocycles. The monoisotopic (exact) mass is 438 g/mol. The van der Waals surface area contributed by atoms with Crippen LogP contribution in [0.2, 0.25) is 0 Å². The molecule has 4 nitrogen and oxygen atoms in total.